The molecule has 1 amide bonds. The second-order valence-electron chi connectivity index (χ2n) is 6.24. The molecule has 24 heavy (non-hydrogen) atoms. The maximum Gasteiger partial charge on any atom is 0.232 e. The lowest BCUT2D eigenvalue weighted by molar-refractivity contribution is -0.132. The molecule has 1 aromatic carbocycles. The van der Waals surface area contributed by atoms with Crippen molar-refractivity contribution >= 4 is 21.6 Å². The summed E-state index contributed by atoms with van der Waals surface area (Å²) in [5, 5.41) is 0. The predicted octanol–water partition coefficient (Wildman–Crippen LogP) is 2.38. The first-order valence-corrected chi connectivity index (χ1v) is 9.74. The molecule has 2 rings (SSSR count). The molecule has 5 nitrogen and oxygen atoms in total. The van der Waals surface area contributed by atoms with Gasteiger partial charge in [0.1, 0.15) is 11.6 Å². The number of carbonyl (C=O) groups is 1. The Morgan fingerprint density at radius 2 is 1.92 bits per heavy atom. The molecular formula is C16H22F2N2O3S. The number of carbonyl (C=O) groups excluding carboxylic acids is 1. The zero-order chi connectivity index (χ0) is 17.9. The summed E-state index contributed by atoms with van der Waals surface area (Å²) in [4.78, 5) is 14.0. The van der Waals surface area contributed by atoms with E-state index in [0.29, 0.717) is 25.1 Å². The first kappa shape index (κ1) is 18.6. The van der Waals surface area contributed by atoms with Crippen LogP contribution in [-0.2, 0) is 14.8 Å². The third-order valence-electron chi connectivity index (χ3n) is 4.24. The van der Waals surface area contributed by atoms with Crippen molar-refractivity contribution in [1.29, 1.82) is 0 Å². The topological polar surface area (TPSA) is 57.7 Å². The van der Waals surface area contributed by atoms with Crippen LogP contribution in [0.1, 0.15) is 26.2 Å². The molecule has 0 aliphatic carbocycles. The van der Waals surface area contributed by atoms with Crippen molar-refractivity contribution in [2.75, 3.05) is 30.2 Å². The number of likely N-dealkylation sites (tertiary alicyclic amines) is 1. The highest BCUT2D eigenvalue weighted by atomic mass is 32.2. The van der Waals surface area contributed by atoms with Crippen LogP contribution in [0.25, 0.3) is 0 Å². The largest absolute Gasteiger partial charge is 0.343 e. The Morgan fingerprint density at radius 3 is 2.46 bits per heavy atom. The molecule has 0 radical (unpaired) electrons. The van der Waals surface area contributed by atoms with Gasteiger partial charge in [-0.15, -0.1) is 0 Å². The minimum absolute atomic E-state index is 0.0434. The summed E-state index contributed by atoms with van der Waals surface area (Å²) in [6, 6.07) is 2.69. The Hall–Kier alpha value is -1.70. The fourth-order valence-electron chi connectivity index (χ4n) is 2.76. The van der Waals surface area contributed by atoms with Gasteiger partial charge in [-0.2, -0.15) is 0 Å². The van der Waals surface area contributed by atoms with Crippen molar-refractivity contribution in [2.45, 2.75) is 26.2 Å². The van der Waals surface area contributed by atoms with E-state index in [1.807, 2.05) is 0 Å². The third kappa shape index (κ3) is 4.66. The molecule has 1 aromatic rings. The van der Waals surface area contributed by atoms with Crippen LogP contribution in [0.3, 0.4) is 0 Å². The second-order valence-corrected chi connectivity index (χ2v) is 8.15. The molecule has 1 heterocycles. The monoisotopic (exact) mass is 360 g/mol. The van der Waals surface area contributed by atoms with Crippen molar-refractivity contribution in [2.24, 2.45) is 5.92 Å². The van der Waals surface area contributed by atoms with Crippen LogP contribution in [0.2, 0.25) is 0 Å². The maximum absolute atomic E-state index is 13.9. The molecule has 0 N–H and O–H groups in total. The SMILES string of the molecule is CC1CCN(C(=O)CCN(c2ccc(F)cc2F)S(C)(=O)=O)CC1. The molecule has 0 aromatic heterocycles. The molecule has 8 heteroatoms. The lowest BCUT2D eigenvalue weighted by Crippen LogP contribution is -2.40. The van der Waals surface area contributed by atoms with Gasteiger partial charge in [0.15, 0.2) is 0 Å². The fourth-order valence-corrected chi connectivity index (χ4v) is 3.69. The first-order chi connectivity index (χ1) is 11.2. The Balaban J connectivity index is 2.09. The molecule has 0 atom stereocenters. The second kappa shape index (κ2) is 7.46. The molecule has 1 aliphatic rings. The van der Waals surface area contributed by atoms with Crippen LogP contribution in [0, 0.1) is 17.6 Å². The lowest BCUT2D eigenvalue weighted by Gasteiger charge is -2.31. The van der Waals surface area contributed by atoms with Gasteiger partial charge in [0.2, 0.25) is 15.9 Å². The number of rotatable bonds is 5. The molecule has 1 saturated heterocycles. The summed E-state index contributed by atoms with van der Waals surface area (Å²) in [5.41, 5.74) is -0.251. The van der Waals surface area contributed by atoms with Crippen LogP contribution >= 0.6 is 0 Å². The fraction of sp³-hybridized carbons (Fsp3) is 0.562. The van der Waals surface area contributed by atoms with E-state index in [2.05, 4.69) is 6.92 Å². The van der Waals surface area contributed by atoms with Gasteiger partial charge in [-0.25, -0.2) is 17.2 Å². The van der Waals surface area contributed by atoms with E-state index in [4.69, 9.17) is 0 Å². The minimum atomic E-state index is -3.79. The van der Waals surface area contributed by atoms with Crippen LogP contribution in [-0.4, -0.2) is 45.1 Å². The van der Waals surface area contributed by atoms with Crippen molar-refractivity contribution in [3.63, 3.8) is 0 Å². The van der Waals surface area contributed by atoms with E-state index in [-0.39, 0.29) is 24.6 Å². The minimum Gasteiger partial charge on any atom is -0.343 e. The van der Waals surface area contributed by atoms with E-state index in [1.165, 1.54) is 0 Å². The van der Waals surface area contributed by atoms with E-state index >= 15 is 0 Å². The normalized spacial score (nSPS) is 16.2. The molecule has 0 unspecified atom stereocenters. The number of piperidine rings is 1. The number of amides is 1. The average Bonchev–Trinajstić information content (AvgIpc) is 2.48. The maximum atomic E-state index is 13.9. The highest BCUT2D eigenvalue weighted by Gasteiger charge is 2.25. The number of halogens is 2. The number of benzene rings is 1. The summed E-state index contributed by atoms with van der Waals surface area (Å²) in [7, 11) is -3.79. The van der Waals surface area contributed by atoms with Crippen molar-refractivity contribution in [3.05, 3.63) is 29.8 Å². The van der Waals surface area contributed by atoms with E-state index in [9.17, 15) is 22.0 Å². The molecule has 1 fully saturated rings. The molecule has 0 spiro atoms. The Kier molecular flexibility index (Phi) is 5.79. The van der Waals surface area contributed by atoms with Gasteiger partial charge in [0, 0.05) is 32.1 Å². The molecule has 134 valence electrons. The van der Waals surface area contributed by atoms with Crippen molar-refractivity contribution < 1.29 is 22.0 Å². The van der Waals surface area contributed by atoms with Crippen LogP contribution in [0.15, 0.2) is 18.2 Å². The third-order valence-corrected chi connectivity index (χ3v) is 5.42. The van der Waals surface area contributed by atoms with Gasteiger partial charge in [0.05, 0.1) is 11.9 Å². The Labute approximate surface area is 141 Å². The number of nitrogens with zero attached hydrogens (tertiary/aromatic N) is 2. The van der Waals surface area contributed by atoms with E-state index < -0.39 is 21.7 Å². The highest BCUT2D eigenvalue weighted by molar-refractivity contribution is 7.92. The zero-order valence-corrected chi connectivity index (χ0v) is 14.7. The van der Waals surface area contributed by atoms with Gasteiger partial charge >= 0.3 is 0 Å². The first-order valence-electron chi connectivity index (χ1n) is 7.89. The molecular weight excluding hydrogens is 338 g/mol. The van der Waals surface area contributed by atoms with Gasteiger partial charge in [-0.3, -0.25) is 9.10 Å². The molecule has 0 saturated carbocycles. The van der Waals surface area contributed by atoms with Gasteiger partial charge in [-0.05, 0) is 30.9 Å². The predicted molar refractivity (Wildman–Crippen MR) is 88.1 cm³/mol. The van der Waals surface area contributed by atoms with E-state index in [1.54, 1.807) is 4.90 Å². The Morgan fingerprint density at radius 1 is 1.29 bits per heavy atom. The molecule has 0 bridgehead atoms. The van der Waals surface area contributed by atoms with Crippen LogP contribution in [0.5, 0.6) is 0 Å². The van der Waals surface area contributed by atoms with Gasteiger partial charge in [0.25, 0.3) is 0 Å². The number of hydrogen-bond donors (Lipinski definition) is 0. The summed E-state index contributed by atoms with van der Waals surface area (Å²) in [5.74, 6) is -1.34. The van der Waals surface area contributed by atoms with Crippen LogP contribution < -0.4 is 4.31 Å². The number of hydrogen-bond acceptors (Lipinski definition) is 3. The highest BCUT2D eigenvalue weighted by Crippen LogP contribution is 2.23. The van der Waals surface area contributed by atoms with Crippen LogP contribution in [0.4, 0.5) is 14.5 Å². The zero-order valence-electron chi connectivity index (χ0n) is 13.8. The summed E-state index contributed by atoms with van der Waals surface area (Å²) in [6.45, 7) is 3.27. The Bertz CT molecular complexity index is 701. The van der Waals surface area contributed by atoms with Gasteiger partial charge < -0.3 is 4.90 Å². The smallest absolute Gasteiger partial charge is 0.232 e. The van der Waals surface area contributed by atoms with Crippen molar-refractivity contribution in [1.82, 2.24) is 4.90 Å². The number of anilines is 1. The standard InChI is InChI=1S/C16H22F2N2O3S/c1-12-5-8-19(9-6-12)16(21)7-10-20(24(2,22)23)15-4-3-13(17)11-14(15)18/h3-4,11-12H,5-10H2,1-2H3. The quantitative estimate of drug-likeness (QED) is 0.810. The average molecular weight is 360 g/mol. The number of sulfonamides is 1. The summed E-state index contributed by atoms with van der Waals surface area (Å²) < 4.78 is 51.6. The van der Waals surface area contributed by atoms with Gasteiger partial charge in [-0.1, -0.05) is 6.92 Å². The summed E-state index contributed by atoms with van der Waals surface area (Å²) >= 11 is 0. The molecule has 1 aliphatic heterocycles. The van der Waals surface area contributed by atoms with E-state index in [0.717, 1.165) is 35.5 Å². The van der Waals surface area contributed by atoms with Crippen molar-refractivity contribution in [3.8, 4) is 0 Å². The lowest BCUT2D eigenvalue weighted by atomic mass is 9.99. The summed E-state index contributed by atoms with van der Waals surface area (Å²) in [6.07, 6.45) is 2.74.